The van der Waals surface area contributed by atoms with Gasteiger partial charge in [-0.05, 0) is 30.2 Å². The molecule has 3 aromatic heterocycles. The van der Waals surface area contributed by atoms with Crippen LogP contribution in [0.2, 0.25) is 0 Å². The highest BCUT2D eigenvalue weighted by atomic mass is 16.1. The van der Waals surface area contributed by atoms with Crippen LogP contribution in [-0.2, 0) is 10.3 Å². The SMILES string of the molecule is CCC(C(N)=O)(c1ccc(-c2ccccc2)cn1)n1nnc(-c2ccncc2)c1-c1ccccc1. The summed E-state index contributed by atoms with van der Waals surface area (Å²) in [6.07, 6.45) is 5.52. The molecule has 5 rings (SSSR count). The molecule has 3 heterocycles. The lowest BCUT2D eigenvalue weighted by Gasteiger charge is -2.30. The molecule has 0 saturated heterocycles. The van der Waals surface area contributed by atoms with E-state index in [1.165, 1.54) is 0 Å². The van der Waals surface area contributed by atoms with E-state index in [0.717, 1.165) is 22.3 Å². The smallest absolute Gasteiger partial charge is 0.251 e. The minimum atomic E-state index is -1.33. The number of hydrogen-bond donors (Lipinski definition) is 1. The zero-order valence-electron chi connectivity index (χ0n) is 19.2. The summed E-state index contributed by atoms with van der Waals surface area (Å²) in [5, 5.41) is 9.00. The Morgan fingerprint density at radius 2 is 1.49 bits per heavy atom. The van der Waals surface area contributed by atoms with E-state index in [1.54, 1.807) is 23.3 Å². The van der Waals surface area contributed by atoms with Crippen LogP contribution in [0.3, 0.4) is 0 Å². The number of nitrogens with zero attached hydrogens (tertiary/aromatic N) is 5. The molecule has 5 aromatic rings. The fourth-order valence-corrected chi connectivity index (χ4v) is 4.39. The number of primary amides is 1. The second-order valence-corrected chi connectivity index (χ2v) is 8.18. The molecule has 1 amide bonds. The van der Waals surface area contributed by atoms with E-state index in [0.29, 0.717) is 23.5 Å². The monoisotopic (exact) mass is 460 g/mol. The summed E-state index contributed by atoms with van der Waals surface area (Å²) in [6.45, 7) is 1.90. The van der Waals surface area contributed by atoms with Crippen molar-refractivity contribution in [3.8, 4) is 33.6 Å². The number of aromatic nitrogens is 5. The summed E-state index contributed by atoms with van der Waals surface area (Å²) in [4.78, 5) is 22.0. The zero-order chi connectivity index (χ0) is 24.3. The zero-order valence-corrected chi connectivity index (χ0v) is 19.2. The van der Waals surface area contributed by atoms with Crippen molar-refractivity contribution in [1.82, 2.24) is 25.0 Å². The molecular formula is C28H24N6O. The average molecular weight is 461 g/mol. The van der Waals surface area contributed by atoms with Crippen LogP contribution in [0.4, 0.5) is 0 Å². The molecule has 0 aliphatic rings. The van der Waals surface area contributed by atoms with Crippen molar-refractivity contribution in [1.29, 1.82) is 0 Å². The minimum Gasteiger partial charge on any atom is -0.367 e. The van der Waals surface area contributed by atoms with Crippen LogP contribution >= 0.6 is 0 Å². The van der Waals surface area contributed by atoms with Gasteiger partial charge in [-0.2, -0.15) is 0 Å². The van der Waals surface area contributed by atoms with Crippen molar-refractivity contribution in [3.05, 3.63) is 109 Å². The van der Waals surface area contributed by atoms with Crippen LogP contribution < -0.4 is 5.73 Å². The number of pyridine rings is 2. The third kappa shape index (κ3) is 3.87. The molecule has 7 nitrogen and oxygen atoms in total. The number of carbonyl (C=O) groups excluding carboxylic acids is 1. The normalized spacial score (nSPS) is 12.7. The summed E-state index contributed by atoms with van der Waals surface area (Å²) in [7, 11) is 0. The van der Waals surface area contributed by atoms with E-state index in [-0.39, 0.29) is 0 Å². The van der Waals surface area contributed by atoms with Gasteiger partial charge in [0.05, 0.1) is 11.4 Å². The van der Waals surface area contributed by atoms with Crippen LogP contribution in [0.5, 0.6) is 0 Å². The van der Waals surface area contributed by atoms with Crippen molar-refractivity contribution < 1.29 is 4.79 Å². The molecule has 0 aliphatic carbocycles. The van der Waals surface area contributed by atoms with Crippen LogP contribution in [0, 0.1) is 0 Å². The van der Waals surface area contributed by atoms with Crippen LogP contribution in [0.15, 0.2) is 104 Å². The molecule has 0 bridgehead atoms. The minimum absolute atomic E-state index is 0.346. The lowest BCUT2D eigenvalue weighted by Crippen LogP contribution is -2.48. The van der Waals surface area contributed by atoms with Gasteiger partial charge in [-0.25, -0.2) is 4.68 Å². The summed E-state index contributed by atoms with van der Waals surface area (Å²) in [5.41, 5.74) is 10.3. The van der Waals surface area contributed by atoms with Crippen molar-refractivity contribution in [2.75, 3.05) is 0 Å². The highest BCUT2D eigenvalue weighted by Gasteiger charge is 2.44. The Kier molecular flexibility index (Phi) is 5.89. The summed E-state index contributed by atoms with van der Waals surface area (Å²) in [6, 6.07) is 27.2. The van der Waals surface area contributed by atoms with Gasteiger partial charge in [0.1, 0.15) is 5.69 Å². The molecule has 0 fully saturated rings. The van der Waals surface area contributed by atoms with Gasteiger partial charge < -0.3 is 5.73 Å². The Hall–Kier alpha value is -4.65. The lowest BCUT2D eigenvalue weighted by molar-refractivity contribution is -0.125. The largest absolute Gasteiger partial charge is 0.367 e. The number of hydrogen-bond acceptors (Lipinski definition) is 5. The quantitative estimate of drug-likeness (QED) is 0.379. The first-order valence-corrected chi connectivity index (χ1v) is 11.4. The molecular weight excluding hydrogens is 436 g/mol. The Morgan fingerprint density at radius 1 is 0.829 bits per heavy atom. The standard InChI is InChI=1S/C28H24N6O/c1-2-28(27(29)35,24-14-13-23(19-31-24)20-9-5-3-6-10-20)34-26(22-11-7-4-8-12-22)25(32-33-34)21-15-17-30-18-16-21/h3-19H,2H2,1H3,(H2,29,35). The van der Waals surface area contributed by atoms with Crippen molar-refractivity contribution in [3.63, 3.8) is 0 Å². The van der Waals surface area contributed by atoms with E-state index >= 15 is 0 Å². The number of rotatable bonds is 7. The molecule has 172 valence electrons. The van der Waals surface area contributed by atoms with Gasteiger partial charge in [-0.1, -0.05) is 78.9 Å². The summed E-state index contributed by atoms with van der Waals surface area (Å²) in [5.74, 6) is -0.552. The number of amides is 1. The predicted molar refractivity (Wildman–Crippen MR) is 135 cm³/mol. The van der Waals surface area contributed by atoms with E-state index in [2.05, 4.69) is 15.3 Å². The van der Waals surface area contributed by atoms with Gasteiger partial charge in [0.25, 0.3) is 5.91 Å². The highest BCUT2D eigenvalue weighted by molar-refractivity contribution is 5.88. The maximum absolute atomic E-state index is 13.2. The van der Waals surface area contributed by atoms with Crippen LogP contribution in [-0.4, -0.2) is 30.9 Å². The van der Waals surface area contributed by atoms with Gasteiger partial charge in [0, 0.05) is 35.3 Å². The van der Waals surface area contributed by atoms with Gasteiger partial charge >= 0.3 is 0 Å². The highest BCUT2D eigenvalue weighted by Crippen LogP contribution is 2.38. The van der Waals surface area contributed by atoms with Gasteiger partial charge in [0.15, 0.2) is 5.54 Å². The second kappa shape index (κ2) is 9.30. The van der Waals surface area contributed by atoms with Gasteiger partial charge in [0.2, 0.25) is 0 Å². The number of carbonyl (C=O) groups is 1. The summed E-state index contributed by atoms with van der Waals surface area (Å²) < 4.78 is 1.63. The molecule has 1 unspecified atom stereocenters. The maximum Gasteiger partial charge on any atom is 0.251 e. The first-order valence-electron chi connectivity index (χ1n) is 11.4. The molecule has 0 radical (unpaired) electrons. The number of benzene rings is 2. The topological polar surface area (TPSA) is 99.6 Å². The Morgan fingerprint density at radius 3 is 2.06 bits per heavy atom. The molecule has 0 saturated carbocycles. The Balaban J connectivity index is 1.72. The Bertz CT molecular complexity index is 1430. The van der Waals surface area contributed by atoms with Gasteiger partial charge in [-0.15, -0.1) is 5.10 Å². The fourth-order valence-electron chi connectivity index (χ4n) is 4.39. The third-order valence-corrected chi connectivity index (χ3v) is 6.25. The van der Waals surface area contributed by atoms with E-state index in [1.807, 2.05) is 91.9 Å². The van der Waals surface area contributed by atoms with E-state index < -0.39 is 11.4 Å². The lowest BCUT2D eigenvalue weighted by atomic mass is 9.88. The predicted octanol–water partition coefficient (Wildman–Crippen LogP) is 4.71. The molecule has 35 heavy (non-hydrogen) atoms. The van der Waals surface area contributed by atoms with Crippen LogP contribution in [0.1, 0.15) is 19.0 Å². The Labute approximate surface area is 203 Å². The van der Waals surface area contributed by atoms with Crippen LogP contribution in [0.25, 0.3) is 33.6 Å². The van der Waals surface area contributed by atoms with Crippen molar-refractivity contribution in [2.24, 2.45) is 5.73 Å². The molecule has 2 N–H and O–H groups in total. The first-order chi connectivity index (χ1) is 17.1. The average Bonchev–Trinajstić information content (AvgIpc) is 3.37. The molecule has 0 spiro atoms. The van der Waals surface area contributed by atoms with Crippen molar-refractivity contribution >= 4 is 5.91 Å². The van der Waals surface area contributed by atoms with Gasteiger partial charge in [-0.3, -0.25) is 14.8 Å². The van der Waals surface area contributed by atoms with E-state index in [4.69, 9.17) is 10.7 Å². The van der Waals surface area contributed by atoms with E-state index in [9.17, 15) is 4.79 Å². The molecule has 0 aliphatic heterocycles. The molecule has 7 heteroatoms. The van der Waals surface area contributed by atoms with Crippen molar-refractivity contribution in [2.45, 2.75) is 18.9 Å². The fraction of sp³-hybridized carbons (Fsp3) is 0.107. The molecule has 1 atom stereocenters. The second-order valence-electron chi connectivity index (χ2n) is 8.18. The summed E-state index contributed by atoms with van der Waals surface area (Å²) >= 11 is 0. The third-order valence-electron chi connectivity index (χ3n) is 6.25. The maximum atomic E-state index is 13.2. The molecule has 2 aromatic carbocycles. The first kappa shape index (κ1) is 22.2. The number of nitrogens with two attached hydrogens (primary N) is 1.